The van der Waals surface area contributed by atoms with Gasteiger partial charge in [-0.25, -0.2) is 0 Å². The summed E-state index contributed by atoms with van der Waals surface area (Å²) >= 11 is -1.76. The maximum absolute atomic E-state index is 9.00. The van der Waals surface area contributed by atoms with Crippen LogP contribution in [-0.4, -0.2) is 11.1 Å². The number of halogens is 1. The van der Waals surface area contributed by atoms with Crippen LogP contribution >= 0.6 is 19.8 Å². The minimum atomic E-state index is -1.76. The van der Waals surface area contributed by atoms with Gasteiger partial charge in [-0.1, -0.05) is 0 Å². The van der Waals surface area contributed by atoms with Gasteiger partial charge >= 0.3 is 199 Å². The van der Waals surface area contributed by atoms with Crippen molar-refractivity contribution >= 4 is 25.8 Å². The molecule has 3 aromatic rings. The van der Waals surface area contributed by atoms with E-state index in [4.69, 9.17) is 9.90 Å². The summed E-state index contributed by atoms with van der Waals surface area (Å²) in [6.07, 6.45) is 0. The molecule has 0 aliphatic carbocycles. The number of carboxylic acids is 1. The Labute approximate surface area is 220 Å². The molecule has 2 nitrogen and oxygen atoms in total. The van der Waals surface area contributed by atoms with Crippen molar-refractivity contribution in [2.45, 2.75) is 85.5 Å². The Kier molecular flexibility index (Phi) is 9.38. The molecule has 0 aliphatic rings. The van der Waals surface area contributed by atoms with Crippen molar-refractivity contribution in [3.63, 3.8) is 0 Å². The Morgan fingerprint density at radius 3 is 0.829 bits per heavy atom. The summed E-state index contributed by atoms with van der Waals surface area (Å²) in [7, 11) is 0. The molecule has 190 valence electrons. The molecule has 35 heavy (non-hydrogen) atoms. The first-order valence-corrected chi connectivity index (χ1v) is 15.4. The van der Waals surface area contributed by atoms with Gasteiger partial charge in [-0.15, -0.1) is 0 Å². The number of carbonyl (C=O) groups is 1. The maximum atomic E-state index is 9.00. The fourth-order valence-corrected chi connectivity index (χ4v) is 9.00. The van der Waals surface area contributed by atoms with Crippen molar-refractivity contribution in [2.24, 2.45) is 0 Å². The van der Waals surface area contributed by atoms with Gasteiger partial charge in [0.2, 0.25) is 0 Å². The minimum absolute atomic E-state index is 0.181. The van der Waals surface area contributed by atoms with Gasteiger partial charge in [0.15, 0.2) is 0 Å². The molecule has 0 unspecified atom stereocenters. The normalized spacial score (nSPS) is 12.5. The van der Waals surface area contributed by atoms with Crippen LogP contribution in [0.25, 0.3) is 0 Å². The molecular formula is C32H43IO2. The summed E-state index contributed by atoms with van der Waals surface area (Å²) in [5, 5.41) is 7.42. The molecule has 1 N–H and O–H groups in total. The van der Waals surface area contributed by atoms with Gasteiger partial charge in [0.1, 0.15) is 0 Å². The van der Waals surface area contributed by atoms with Gasteiger partial charge in [-0.2, -0.15) is 0 Å². The summed E-state index contributed by atoms with van der Waals surface area (Å²) in [5.41, 5.74) is 4.75. The molecule has 0 heterocycles. The zero-order valence-corrected chi connectivity index (χ0v) is 25.3. The quantitative estimate of drug-likeness (QED) is 0.311. The first-order valence-electron chi connectivity index (χ1n) is 12.2. The van der Waals surface area contributed by atoms with E-state index in [1.54, 1.807) is 0 Å². The molecule has 0 aromatic heterocycles. The van der Waals surface area contributed by atoms with E-state index < -0.39 is 25.8 Å². The van der Waals surface area contributed by atoms with E-state index in [2.05, 4.69) is 135 Å². The third-order valence-corrected chi connectivity index (χ3v) is 11.7. The van der Waals surface area contributed by atoms with Crippen LogP contribution in [0.15, 0.2) is 72.8 Å². The van der Waals surface area contributed by atoms with Gasteiger partial charge in [-0.3, -0.25) is 4.79 Å². The first-order chi connectivity index (χ1) is 16.0. The predicted octanol–water partition coefficient (Wildman–Crippen LogP) is 9.09. The van der Waals surface area contributed by atoms with Crippen LogP contribution in [0.2, 0.25) is 0 Å². The predicted molar refractivity (Wildman–Crippen MR) is 159 cm³/mol. The monoisotopic (exact) mass is 586 g/mol. The second kappa shape index (κ2) is 11.3. The summed E-state index contributed by atoms with van der Waals surface area (Å²) in [6, 6.07) is 28.4. The molecule has 0 saturated carbocycles. The molecule has 0 amide bonds. The zero-order valence-electron chi connectivity index (χ0n) is 23.2. The number of hydrogen-bond acceptors (Lipinski definition) is 1. The molecule has 0 spiro atoms. The molecule has 0 fully saturated rings. The van der Waals surface area contributed by atoms with Crippen LogP contribution in [0.5, 0.6) is 0 Å². The SMILES string of the molecule is CC(=O)O.CC(C)(C)c1ccc(I(c2ccc(C(C)(C)C)cc2)c2ccc(C(C)(C)C)cc2)cc1. The van der Waals surface area contributed by atoms with Crippen LogP contribution in [0, 0.1) is 10.7 Å². The van der Waals surface area contributed by atoms with E-state index in [0.29, 0.717) is 0 Å². The summed E-state index contributed by atoms with van der Waals surface area (Å²) in [6.45, 7) is 21.7. The van der Waals surface area contributed by atoms with Crippen LogP contribution < -0.4 is 0 Å². The molecule has 0 bridgehead atoms. The van der Waals surface area contributed by atoms with Gasteiger partial charge < -0.3 is 5.11 Å². The molecule has 3 aromatic carbocycles. The van der Waals surface area contributed by atoms with Crippen molar-refractivity contribution in [3.8, 4) is 0 Å². The fraction of sp³-hybridized carbons (Fsp3) is 0.406. The van der Waals surface area contributed by atoms with Crippen LogP contribution in [0.1, 0.15) is 85.9 Å². The Morgan fingerprint density at radius 1 is 0.514 bits per heavy atom. The van der Waals surface area contributed by atoms with E-state index in [1.807, 2.05) is 0 Å². The summed E-state index contributed by atoms with van der Waals surface area (Å²) in [4.78, 5) is 9.00. The number of hydrogen-bond donors (Lipinski definition) is 1. The van der Waals surface area contributed by atoms with Crippen molar-refractivity contribution in [2.75, 3.05) is 0 Å². The van der Waals surface area contributed by atoms with E-state index in [-0.39, 0.29) is 16.2 Å². The van der Waals surface area contributed by atoms with Crippen molar-refractivity contribution < 1.29 is 9.90 Å². The molecule has 3 heteroatoms. The summed E-state index contributed by atoms with van der Waals surface area (Å²) < 4.78 is 4.51. The van der Waals surface area contributed by atoms with Gasteiger partial charge in [0.25, 0.3) is 5.97 Å². The van der Waals surface area contributed by atoms with Crippen molar-refractivity contribution in [1.82, 2.24) is 0 Å². The Bertz CT molecular complexity index is 949. The average molecular weight is 587 g/mol. The van der Waals surface area contributed by atoms with Gasteiger partial charge in [0.05, 0.1) is 0 Å². The average Bonchev–Trinajstić information content (AvgIpc) is 2.73. The molecule has 0 atom stereocenters. The second-order valence-electron chi connectivity index (χ2n) is 12.1. The molecular weight excluding hydrogens is 543 g/mol. The Hall–Kier alpha value is -2.14. The van der Waals surface area contributed by atoms with E-state index in [0.717, 1.165) is 6.92 Å². The number of aliphatic carboxylic acids is 1. The van der Waals surface area contributed by atoms with E-state index in [9.17, 15) is 0 Å². The fourth-order valence-electron chi connectivity index (χ4n) is 3.61. The summed E-state index contributed by atoms with van der Waals surface area (Å²) in [5.74, 6) is -0.833. The van der Waals surface area contributed by atoms with Crippen molar-refractivity contribution in [1.29, 1.82) is 0 Å². The van der Waals surface area contributed by atoms with Crippen LogP contribution in [0.3, 0.4) is 0 Å². The van der Waals surface area contributed by atoms with Gasteiger partial charge in [-0.05, 0) is 0 Å². The third-order valence-electron chi connectivity index (χ3n) is 5.79. The molecule has 0 radical (unpaired) electrons. The topological polar surface area (TPSA) is 37.3 Å². The van der Waals surface area contributed by atoms with E-state index >= 15 is 0 Å². The molecule has 3 rings (SSSR count). The van der Waals surface area contributed by atoms with Gasteiger partial charge in [0, 0.05) is 6.92 Å². The second-order valence-corrected chi connectivity index (χ2v) is 17.4. The number of carboxylic acid groups (broad SMARTS) is 1. The number of benzene rings is 3. The molecule has 0 aliphatic heterocycles. The first kappa shape index (κ1) is 29.1. The third kappa shape index (κ3) is 8.49. The van der Waals surface area contributed by atoms with Crippen molar-refractivity contribution in [3.05, 3.63) is 100 Å². The molecule has 0 saturated heterocycles. The Morgan fingerprint density at radius 2 is 0.686 bits per heavy atom. The zero-order chi connectivity index (χ0) is 26.6. The van der Waals surface area contributed by atoms with Crippen LogP contribution in [0.4, 0.5) is 0 Å². The van der Waals surface area contributed by atoms with E-state index in [1.165, 1.54) is 27.4 Å². The standard InChI is InChI=1S/C30H39I.C2H4O2/c1-28(2,3)22-10-16-25(17-11-22)31(26-18-12-23(13-19-26)29(4,5)6)27-20-14-24(15-21-27)30(7,8)9;1-2(3)4/h10-21H,1-9H3;1H3,(H,3,4). The number of rotatable bonds is 3. The van der Waals surface area contributed by atoms with Crippen LogP contribution in [-0.2, 0) is 21.0 Å². The Balaban J connectivity index is 0.00000100.